The molecule has 0 amide bonds. The Labute approximate surface area is 114 Å². The number of hydrogen-bond donors (Lipinski definition) is 1. The molecule has 1 atom stereocenters. The predicted molar refractivity (Wildman–Crippen MR) is 76.5 cm³/mol. The van der Waals surface area contributed by atoms with Crippen molar-refractivity contribution in [1.82, 2.24) is 4.90 Å². The summed E-state index contributed by atoms with van der Waals surface area (Å²) in [7, 11) is 2.08. The van der Waals surface area contributed by atoms with Crippen LogP contribution in [0.4, 0.5) is 5.69 Å². The molecular formula is C14H21ClN2O. The number of benzene rings is 1. The lowest BCUT2D eigenvalue weighted by atomic mass is 10.2. The fourth-order valence-electron chi connectivity index (χ4n) is 2.45. The van der Waals surface area contributed by atoms with E-state index in [4.69, 9.17) is 16.7 Å². The Morgan fingerprint density at radius 3 is 2.94 bits per heavy atom. The molecular weight excluding hydrogens is 248 g/mol. The summed E-state index contributed by atoms with van der Waals surface area (Å²) >= 11 is 6.17. The smallest absolute Gasteiger partial charge is 0.0558 e. The first kappa shape index (κ1) is 13.7. The zero-order valence-electron chi connectivity index (χ0n) is 11.1. The van der Waals surface area contributed by atoms with Gasteiger partial charge in [-0.25, -0.2) is 0 Å². The first-order chi connectivity index (χ1) is 8.61. The number of aliphatic hydroxyl groups is 1. The average Bonchev–Trinajstić information content (AvgIpc) is 2.82. The maximum absolute atomic E-state index is 8.97. The van der Waals surface area contributed by atoms with E-state index < -0.39 is 0 Å². The summed E-state index contributed by atoms with van der Waals surface area (Å²) in [5.74, 6) is 0. The van der Waals surface area contributed by atoms with Crippen LogP contribution in [0.3, 0.4) is 0 Å². The summed E-state index contributed by atoms with van der Waals surface area (Å²) < 4.78 is 0. The van der Waals surface area contributed by atoms with Crippen molar-refractivity contribution >= 4 is 17.3 Å². The molecule has 0 saturated carbocycles. The highest BCUT2D eigenvalue weighted by Crippen LogP contribution is 2.27. The molecule has 1 fully saturated rings. The monoisotopic (exact) mass is 268 g/mol. The predicted octanol–water partition coefficient (Wildman–Crippen LogP) is 2.15. The lowest BCUT2D eigenvalue weighted by molar-refractivity contribution is 0.188. The largest absolute Gasteiger partial charge is 0.395 e. The summed E-state index contributed by atoms with van der Waals surface area (Å²) in [5.41, 5.74) is 2.32. The highest BCUT2D eigenvalue weighted by molar-refractivity contribution is 6.31. The van der Waals surface area contributed by atoms with E-state index in [1.54, 1.807) is 0 Å². The van der Waals surface area contributed by atoms with Gasteiger partial charge in [0.2, 0.25) is 0 Å². The van der Waals surface area contributed by atoms with Gasteiger partial charge in [-0.1, -0.05) is 17.7 Å². The van der Waals surface area contributed by atoms with Gasteiger partial charge in [0.05, 0.1) is 6.61 Å². The van der Waals surface area contributed by atoms with Crippen LogP contribution in [0.5, 0.6) is 0 Å². The van der Waals surface area contributed by atoms with E-state index in [2.05, 4.69) is 29.0 Å². The second kappa shape index (κ2) is 5.91. The molecule has 0 bridgehead atoms. The molecule has 0 radical (unpaired) electrons. The van der Waals surface area contributed by atoms with Crippen LogP contribution in [0.15, 0.2) is 18.2 Å². The van der Waals surface area contributed by atoms with Crippen molar-refractivity contribution in [3.8, 4) is 0 Å². The maximum Gasteiger partial charge on any atom is 0.0558 e. The van der Waals surface area contributed by atoms with Crippen molar-refractivity contribution in [3.63, 3.8) is 0 Å². The molecule has 1 saturated heterocycles. The summed E-state index contributed by atoms with van der Waals surface area (Å²) in [6.07, 6.45) is 1.14. The minimum atomic E-state index is 0.226. The van der Waals surface area contributed by atoms with E-state index in [-0.39, 0.29) is 6.61 Å². The molecule has 100 valence electrons. The number of hydrogen-bond acceptors (Lipinski definition) is 3. The Morgan fingerprint density at radius 2 is 2.28 bits per heavy atom. The number of anilines is 1. The van der Waals surface area contributed by atoms with Crippen LogP contribution in [0.2, 0.25) is 5.02 Å². The number of nitrogens with zero attached hydrogens (tertiary/aromatic N) is 2. The van der Waals surface area contributed by atoms with Crippen molar-refractivity contribution < 1.29 is 5.11 Å². The number of rotatable bonds is 4. The third-order valence-electron chi connectivity index (χ3n) is 3.76. The van der Waals surface area contributed by atoms with Gasteiger partial charge in [0.15, 0.2) is 0 Å². The van der Waals surface area contributed by atoms with E-state index in [1.165, 1.54) is 5.69 Å². The number of likely N-dealkylation sites (N-methyl/N-ethyl adjacent to an activating group) is 1. The van der Waals surface area contributed by atoms with E-state index in [1.807, 2.05) is 13.0 Å². The van der Waals surface area contributed by atoms with Crippen LogP contribution in [-0.4, -0.2) is 49.3 Å². The van der Waals surface area contributed by atoms with Crippen molar-refractivity contribution in [2.75, 3.05) is 38.2 Å². The van der Waals surface area contributed by atoms with Gasteiger partial charge in [-0.2, -0.15) is 0 Å². The van der Waals surface area contributed by atoms with Gasteiger partial charge in [-0.3, -0.25) is 4.90 Å². The summed E-state index contributed by atoms with van der Waals surface area (Å²) in [6, 6.07) is 6.78. The van der Waals surface area contributed by atoms with Gasteiger partial charge in [0.1, 0.15) is 0 Å². The molecule has 1 aliphatic rings. The molecule has 18 heavy (non-hydrogen) atoms. The number of aliphatic hydroxyl groups excluding tert-OH is 1. The lowest BCUT2D eigenvalue weighted by Gasteiger charge is -2.24. The van der Waals surface area contributed by atoms with Gasteiger partial charge in [0.25, 0.3) is 0 Å². The fraction of sp³-hybridized carbons (Fsp3) is 0.571. The molecule has 0 spiro atoms. The molecule has 0 aromatic heterocycles. The zero-order chi connectivity index (χ0) is 13.1. The number of halogens is 1. The van der Waals surface area contributed by atoms with E-state index in [0.717, 1.165) is 36.6 Å². The molecule has 0 aliphatic carbocycles. The molecule has 1 heterocycles. The van der Waals surface area contributed by atoms with Crippen LogP contribution in [0.1, 0.15) is 12.0 Å². The SMILES string of the molecule is Cc1ccc(N2CCC(N(C)CCO)C2)cc1Cl. The first-order valence-electron chi connectivity index (χ1n) is 6.44. The fourth-order valence-corrected chi connectivity index (χ4v) is 2.63. The standard InChI is InChI=1S/C14H21ClN2O/c1-11-3-4-12(9-14(11)15)17-6-5-13(10-17)16(2)7-8-18/h3-4,9,13,18H,5-8,10H2,1-2H3. The molecule has 1 aromatic rings. The highest BCUT2D eigenvalue weighted by atomic mass is 35.5. The Bertz CT molecular complexity index is 411. The Morgan fingerprint density at radius 1 is 1.50 bits per heavy atom. The lowest BCUT2D eigenvalue weighted by Crippen LogP contribution is -2.36. The minimum absolute atomic E-state index is 0.226. The molecule has 1 unspecified atom stereocenters. The van der Waals surface area contributed by atoms with Crippen LogP contribution in [0, 0.1) is 6.92 Å². The van der Waals surface area contributed by atoms with Gasteiger partial charge in [-0.15, -0.1) is 0 Å². The van der Waals surface area contributed by atoms with Crippen molar-refractivity contribution in [3.05, 3.63) is 28.8 Å². The second-order valence-corrected chi connectivity index (χ2v) is 5.43. The summed E-state index contributed by atoms with van der Waals surface area (Å²) in [5, 5.41) is 9.81. The van der Waals surface area contributed by atoms with Crippen molar-refractivity contribution in [2.45, 2.75) is 19.4 Å². The van der Waals surface area contributed by atoms with Crippen molar-refractivity contribution in [1.29, 1.82) is 0 Å². The Balaban J connectivity index is 2.01. The molecule has 1 aliphatic heterocycles. The molecule has 1 N–H and O–H groups in total. The third kappa shape index (κ3) is 2.97. The zero-order valence-corrected chi connectivity index (χ0v) is 11.8. The van der Waals surface area contributed by atoms with Crippen LogP contribution >= 0.6 is 11.6 Å². The van der Waals surface area contributed by atoms with Gasteiger partial charge in [-0.05, 0) is 38.1 Å². The normalized spacial score (nSPS) is 19.8. The Kier molecular flexibility index (Phi) is 4.49. The van der Waals surface area contributed by atoms with Gasteiger partial charge >= 0.3 is 0 Å². The molecule has 3 nitrogen and oxygen atoms in total. The van der Waals surface area contributed by atoms with Gasteiger partial charge in [0, 0.05) is 36.4 Å². The highest BCUT2D eigenvalue weighted by Gasteiger charge is 2.25. The second-order valence-electron chi connectivity index (χ2n) is 5.03. The third-order valence-corrected chi connectivity index (χ3v) is 4.17. The quantitative estimate of drug-likeness (QED) is 0.907. The maximum atomic E-state index is 8.97. The summed E-state index contributed by atoms with van der Waals surface area (Å²) in [4.78, 5) is 4.60. The molecule has 1 aromatic carbocycles. The summed E-state index contributed by atoms with van der Waals surface area (Å²) in [6.45, 7) is 5.06. The first-order valence-corrected chi connectivity index (χ1v) is 6.82. The van der Waals surface area contributed by atoms with Crippen LogP contribution in [-0.2, 0) is 0 Å². The topological polar surface area (TPSA) is 26.7 Å². The van der Waals surface area contributed by atoms with E-state index in [0.29, 0.717) is 6.04 Å². The Hall–Kier alpha value is -0.770. The number of aryl methyl sites for hydroxylation is 1. The molecule has 2 rings (SSSR count). The average molecular weight is 269 g/mol. The minimum Gasteiger partial charge on any atom is -0.395 e. The van der Waals surface area contributed by atoms with Crippen LogP contribution in [0.25, 0.3) is 0 Å². The van der Waals surface area contributed by atoms with Crippen molar-refractivity contribution in [2.24, 2.45) is 0 Å². The van der Waals surface area contributed by atoms with E-state index >= 15 is 0 Å². The van der Waals surface area contributed by atoms with Gasteiger partial charge < -0.3 is 10.0 Å². The van der Waals surface area contributed by atoms with E-state index in [9.17, 15) is 0 Å². The molecule has 4 heteroatoms. The van der Waals surface area contributed by atoms with Crippen LogP contribution < -0.4 is 4.90 Å².